The molecule has 0 saturated carbocycles. The normalized spacial score (nSPS) is 13.8. The molecule has 0 aliphatic carbocycles. The maximum Gasteiger partial charge on any atom is 0.119 e. The third-order valence-electron chi connectivity index (χ3n) is 3.51. The molecule has 0 aliphatic rings. The zero-order valence-corrected chi connectivity index (χ0v) is 12.5. The van der Waals surface area contributed by atoms with Crippen LogP contribution in [-0.2, 0) is 0 Å². The van der Waals surface area contributed by atoms with Gasteiger partial charge in [0.15, 0.2) is 0 Å². The van der Waals surface area contributed by atoms with Crippen molar-refractivity contribution >= 4 is 0 Å². The lowest BCUT2D eigenvalue weighted by Gasteiger charge is -2.22. The molecular formula is C18H23NO. The topological polar surface area (TPSA) is 21.3 Å². The van der Waals surface area contributed by atoms with Crippen LogP contribution in [0, 0.1) is 0 Å². The zero-order chi connectivity index (χ0) is 14.4. The lowest BCUT2D eigenvalue weighted by molar-refractivity contribution is 0.179. The number of rotatable bonds is 6. The fourth-order valence-corrected chi connectivity index (χ4v) is 2.16. The summed E-state index contributed by atoms with van der Waals surface area (Å²) in [5.41, 5.74) is 2.44. The van der Waals surface area contributed by atoms with Gasteiger partial charge in [-0.15, -0.1) is 0 Å². The molecule has 0 amide bonds. The van der Waals surface area contributed by atoms with Gasteiger partial charge >= 0.3 is 0 Å². The highest BCUT2D eigenvalue weighted by Crippen LogP contribution is 2.22. The van der Waals surface area contributed by atoms with Crippen LogP contribution >= 0.6 is 0 Å². The Bertz CT molecular complexity index is 507. The summed E-state index contributed by atoms with van der Waals surface area (Å²) in [5, 5.41) is 3.38. The van der Waals surface area contributed by atoms with Crippen LogP contribution in [0.1, 0.15) is 20.8 Å². The lowest BCUT2D eigenvalue weighted by atomic mass is 10.1. The fourth-order valence-electron chi connectivity index (χ4n) is 2.16. The van der Waals surface area contributed by atoms with E-state index in [0.717, 1.165) is 12.3 Å². The summed E-state index contributed by atoms with van der Waals surface area (Å²) in [7, 11) is 0. The minimum atomic E-state index is 0.150. The van der Waals surface area contributed by atoms with Gasteiger partial charge in [-0.25, -0.2) is 0 Å². The molecular weight excluding hydrogens is 246 g/mol. The predicted molar refractivity (Wildman–Crippen MR) is 85.1 cm³/mol. The molecule has 0 heterocycles. The Morgan fingerprint density at radius 1 is 0.900 bits per heavy atom. The molecule has 106 valence electrons. The van der Waals surface area contributed by atoms with Crippen molar-refractivity contribution in [3.8, 4) is 16.9 Å². The van der Waals surface area contributed by atoms with E-state index in [0.29, 0.717) is 6.04 Å². The monoisotopic (exact) mass is 269 g/mol. The lowest BCUT2D eigenvalue weighted by Crippen LogP contribution is -2.38. The zero-order valence-electron chi connectivity index (χ0n) is 12.5. The van der Waals surface area contributed by atoms with E-state index in [-0.39, 0.29) is 6.10 Å². The van der Waals surface area contributed by atoms with Crippen molar-refractivity contribution in [3.05, 3.63) is 54.6 Å². The first kappa shape index (κ1) is 14.6. The third kappa shape index (κ3) is 3.84. The van der Waals surface area contributed by atoms with Gasteiger partial charge in [0.25, 0.3) is 0 Å². The molecule has 0 spiro atoms. The minimum absolute atomic E-state index is 0.150. The van der Waals surface area contributed by atoms with E-state index in [4.69, 9.17) is 4.74 Å². The summed E-state index contributed by atoms with van der Waals surface area (Å²) < 4.78 is 5.96. The molecule has 0 aliphatic heterocycles. The number of hydrogen-bond donors (Lipinski definition) is 1. The van der Waals surface area contributed by atoms with Gasteiger partial charge in [0.1, 0.15) is 11.9 Å². The van der Waals surface area contributed by atoms with Crippen molar-refractivity contribution in [1.82, 2.24) is 5.32 Å². The van der Waals surface area contributed by atoms with Crippen LogP contribution < -0.4 is 10.1 Å². The average molecular weight is 269 g/mol. The van der Waals surface area contributed by atoms with E-state index in [2.05, 4.69) is 62.5 Å². The van der Waals surface area contributed by atoms with Crippen LogP contribution in [-0.4, -0.2) is 18.7 Å². The largest absolute Gasteiger partial charge is 0.489 e. The summed E-state index contributed by atoms with van der Waals surface area (Å²) in [6, 6.07) is 19.0. The summed E-state index contributed by atoms with van der Waals surface area (Å²) >= 11 is 0. The summed E-state index contributed by atoms with van der Waals surface area (Å²) in [4.78, 5) is 0. The second-order valence-electron chi connectivity index (χ2n) is 5.06. The summed E-state index contributed by atoms with van der Waals surface area (Å²) in [5.74, 6) is 0.918. The molecule has 20 heavy (non-hydrogen) atoms. The van der Waals surface area contributed by atoms with Crippen LogP contribution in [0.3, 0.4) is 0 Å². The molecule has 0 saturated heterocycles. The Hall–Kier alpha value is -1.80. The van der Waals surface area contributed by atoms with Crippen molar-refractivity contribution in [2.75, 3.05) is 6.54 Å². The van der Waals surface area contributed by atoms with Crippen molar-refractivity contribution in [1.29, 1.82) is 0 Å². The SMILES string of the molecule is CCNC(C)C(C)Oc1ccc(-c2ccccc2)cc1. The maximum absolute atomic E-state index is 5.96. The fraction of sp³-hybridized carbons (Fsp3) is 0.333. The molecule has 2 nitrogen and oxygen atoms in total. The van der Waals surface area contributed by atoms with Crippen LogP contribution in [0.4, 0.5) is 0 Å². The molecule has 2 aromatic rings. The summed E-state index contributed by atoms with van der Waals surface area (Å²) in [6.07, 6.45) is 0.150. The van der Waals surface area contributed by atoms with E-state index in [9.17, 15) is 0 Å². The van der Waals surface area contributed by atoms with Crippen LogP contribution in [0.5, 0.6) is 5.75 Å². The molecule has 2 aromatic carbocycles. The van der Waals surface area contributed by atoms with E-state index in [1.807, 2.05) is 18.2 Å². The molecule has 2 unspecified atom stereocenters. The highest BCUT2D eigenvalue weighted by atomic mass is 16.5. The Balaban J connectivity index is 2.02. The van der Waals surface area contributed by atoms with Crippen molar-refractivity contribution in [2.45, 2.75) is 32.9 Å². The number of nitrogens with one attached hydrogen (secondary N) is 1. The number of benzene rings is 2. The van der Waals surface area contributed by atoms with E-state index in [1.165, 1.54) is 11.1 Å². The molecule has 2 atom stereocenters. The Labute approximate surface area is 121 Å². The Morgan fingerprint density at radius 3 is 2.10 bits per heavy atom. The number of likely N-dealkylation sites (N-methyl/N-ethyl adjacent to an activating group) is 1. The molecule has 0 aromatic heterocycles. The number of hydrogen-bond acceptors (Lipinski definition) is 2. The Kier molecular flexibility index (Phi) is 5.19. The standard InChI is InChI=1S/C18H23NO/c1-4-19-14(2)15(3)20-18-12-10-17(11-13-18)16-8-6-5-7-9-16/h5-15,19H,4H2,1-3H3. The van der Waals surface area contributed by atoms with Gasteiger partial charge in [0.05, 0.1) is 0 Å². The van der Waals surface area contributed by atoms with E-state index >= 15 is 0 Å². The van der Waals surface area contributed by atoms with Gasteiger partial charge in [-0.3, -0.25) is 0 Å². The van der Waals surface area contributed by atoms with Gasteiger partial charge in [-0.05, 0) is 43.7 Å². The molecule has 0 bridgehead atoms. The minimum Gasteiger partial charge on any atom is -0.489 e. The second-order valence-corrected chi connectivity index (χ2v) is 5.06. The smallest absolute Gasteiger partial charge is 0.119 e. The van der Waals surface area contributed by atoms with Crippen LogP contribution in [0.15, 0.2) is 54.6 Å². The first-order valence-electron chi connectivity index (χ1n) is 7.26. The molecule has 2 rings (SSSR count). The molecule has 1 N–H and O–H groups in total. The van der Waals surface area contributed by atoms with Crippen molar-refractivity contribution in [2.24, 2.45) is 0 Å². The average Bonchev–Trinajstić information content (AvgIpc) is 2.49. The van der Waals surface area contributed by atoms with Gasteiger partial charge in [-0.1, -0.05) is 49.4 Å². The van der Waals surface area contributed by atoms with Gasteiger partial charge in [-0.2, -0.15) is 0 Å². The second kappa shape index (κ2) is 7.11. The van der Waals surface area contributed by atoms with E-state index < -0.39 is 0 Å². The first-order chi connectivity index (χ1) is 9.70. The van der Waals surface area contributed by atoms with Gasteiger partial charge in [0, 0.05) is 6.04 Å². The van der Waals surface area contributed by atoms with Crippen LogP contribution in [0.25, 0.3) is 11.1 Å². The highest BCUT2D eigenvalue weighted by Gasteiger charge is 2.12. The number of ether oxygens (including phenoxy) is 1. The molecule has 0 fully saturated rings. The third-order valence-corrected chi connectivity index (χ3v) is 3.51. The van der Waals surface area contributed by atoms with Crippen LogP contribution in [0.2, 0.25) is 0 Å². The van der Waals surface area contributed by atoms with Gasteiger partial charge < -0.3 is 10.1 Å². The quantitative estimate of drug-likeness (QED) is 0.851. The Morgan fingerprint density at radius 2 is 1.50 bits per heavy atom. The van der Waals surface area contributed by atoms with Gasteiger partial charge in [0.2, 0.25) is 0 Å². The first-order valence-corrected chi connectivity index (χ1v) is 7.26. The van der Waals surface area contributed by atoms with E-state index in [1.54, 1.807) is 0 Å². The maximum atomic E-state index is 5.96. The molecule has 2 heteroatoms. The van der Waals surface area contributed by atoms with Crippen molar-refractivity contribution in [3.63, 3.8) is 0 Å². The van der Waals surface area contributed by atoms with Crippen molar-refractivity contribution < 1.29 is 4.74 Å². The molecule has 0 radical (unpaired) electrons. The summed E-state index contributed by atoms with van der Waals surface area (Å²) in [6.45, 7) is 7.31. The predicted octanol–water partition coefficient (Wildman–Crippen LogP) is 4.12. The highest BCUT2D eigenvalue weighted by molar-refractivity contribution is 5.63.